The summed E-state index contributed by atoms with van der Waals surface area (Å²) in [5, 5.41) is 10.1. The Balaban J connectivity index is 1.78. The molecule has 0 bridgehead atoms. The Morgan fingerprint density at radius 2 is 1.85 bits per heavy atom. The summed E-state index contributed by atoms with van der Waals surface area (Å²) in [5.41, 5.74) is 1.14. The lowest BCUT2D eigenvalue weighted by Gasteiger charge is -2.12. The molecular weight excluding hydrogens is 436 g/mol. The highest BCUT2D eigenvalue weighted by Gasteiger charge is 2.19. The number of carbonyl (C=O) groups excluding carboxylic acids is 2. The molecule has 2 aromatic heterocycles. The van der Waals surface area contributed by atoms with Gasteiger partial charge < -0.3 is 10.6 Å². The van der Waals surface area contributed by atoms with Crippen molar-refractivity contribution in [2.75, 3.05) is 5.32 Å². The molecule has 2 heterocycles. The van der Waals surface area contributed by atoms with Gasteiger partial charge in [-0.15, -0.1) is 5.10 Å². The van der Waals surface area contributed by atoms with Crippen LogP contribution in [0.1, 0.15) is 36.2 Å². The van der Waals surface area contributed by atoms with Gasteiger partial charge in [0.2, 0.25) is 11.7 Å². The highest BCUT2D eigenvalue weighted by atomic mass is 16.2. The van der Waals surface area contributed by atoms with Crippen molar-refractivity contribution < 1.29 is 9.59 Å². The summed E-state index contributed by atoms with van der Waals surface area (Å²) >= 11 is 0. The zero-order valence-electron chi connectivity index (χ0n) is 19.5. The second-order valence-corrected chi connectivity index (χ2v) is 8.32. The highest BCUT2D eigenvalue weighted by Crippen LogP contribution is 2.15. The number of para-hydroxylation sites is 1. The fraction of sp³-hybridized carbons (Fsp3) is 0.292. The molecule has 1 unspecified atom stereocenters. The van der Waals surface area contributed by atoms with Crippen molar-refractivity contribution in [3.05, 3.63) is 74.4 Å². The molecule has 4 aromatic rings. The van der Waals surface area contributed by atoms with Gasteiger partial charge in [0.25, 0.3) is 11.5 Å². The standard InChI is InChI=1S/C24H26N6O4/c1-5-15(3)25-21(32)16-10-11-17-19(12-16)30-23(28(4)22(17)33)27-29(24(30)34)13-20(31)26-18-9-7-6-8-14(18)2/h6-12,15H,5,13H2,1-4H3,(H,25,32)(H,26,31). The normalized spacial score (nSPS) is 12.1. The van der Waals surface area contributed by atoms with E-state index in [1.54, 1.807) is 18.2 Å². The molecule has 4 rings (SSSR count). The number of aryl methyl sites for hydroxylation is 2. The summed E-state index contributed by atoms with van der Waals surface area (Å²) in [6, 6.07) is 11.9. The Labute approximate surface area is 194 Å². The van der Waals surface area contributed by atoms with E-state index in [-0.39, 0.29) is 40.7 Å². The molecule has 2 amide bonds. The number of fused-ring (bicyclic) bond motifs is 3. The topological polar surface area (TPSA) is 120 Å². The molecule has 0 aliphatic heterocycles. The van der Waals surface area contributed by atoms with Crippen LogP contribution in [0.25, 0.3) is 16.7 Å². The minimum absolute atomic E-state index is 0.0240. The van der Waals surface area contributed by atoms with E-state index in [2.05, 4.69) is 15.7 Å². The smallest absolute Gasteiger partial charge is 0.350 e. The van der Waals surface area contributed by atoms with Crippen molar-refractivity contribution in [3.63, 3.8) is 0 Å². The summed E-state index contributed by atoms with van der Waals surface area (Å²) in [5.74, 6) is -0.656. The third kappa shape index (κ3) is 4.09. The maximum Gasteiger partial charge on any atom is 0.352 e. The third-order valence-electron chi connectivity index (χ3n) is 5.86. The molecule has 10 heteroatoms. The van der Waals surface area contributed by atoms with Crippen molar-refractivity contribution in [3.8, 4) is 0 Å². The fourth-order valence-electron chi connectivity index (χ4n) is 3.69. The molecule has 0 saturated heterocycles. The summed E-state index contributed by atoms with van der Waals surface area (Å²) in [6.07, 6.45) is 0.765. The van der Waals surface area contributed by atoms with Crippen molar-refractivity contribution >= 4 is 34.2 Å². The third-order valence-corrected chi connectivity index (χ3v) is 5.86. The molecule has 0 aliphatic rings. The number of anilines is 1. The van der Waals surface area contributed by atoms with E-state index in [0.29, 0.717) is 11.3 Å². The lowest BCUT2D eigenvalue weighted by Crippen LogP contribution is -2.32. The maximum atomic E-state index is 13.2. The zero-order valence-corrected chi connectivity index (χ0v) is 19.5. The molecule has 34 heavy (non-hydrogen) atoms. The molecule has 10 nitrogen and oxygen atoms in total. The van der Waals surface area contributed by atoms with Crippen molar-refractivity contribution in [2.45, 2.75) is 39.8 Å². The van der Waals surface area contributed by atoms with Gasteiger partial charge in [0, 0.05) is 24.3 Å². The van der Waals surface area contributed by atoms with Crippen LogP contribution in [0.3, 0.4) is 0 Å². The first-order valence-electron chi connectivity index (χ1n) is 11.0. The van der Waals surface area contributed by atoms with E-state index in [1.165, 1.54) is 28.1 Å². The van der Waals surface area contributed by atoms with Crippen molar-refractivity contribution in [2.24, 2.45) is 7.05 Å². The van der Waals surface area contributed by atoms with E-state index in [0.717, 1.165) is 16.7 Å². The number of nitrogens with one attached hydrogen (secondary N) is 2. The molecule has 0 saturated carbocycles. The van der Waals surface area contributed by atoms with E-state index >= 15 is 0 Å². The van der Waals surface area contributed by atoms with Crippen molar-refractivity contribution in [1.29, 1.82) is 0 Å². The first kappa shape index (κ1) is 23.0. The van der Waals surface area contributed by atoms with Crippen LogP contribution >= 0.6 is 0 Å². The monoisotopic (exact) mass is 462 g/mol. The molecule has 0 aliphatic carbocycles. The Morgan fingerprint density at radius 1 is 1.12 bits per heavy atom. The molecule has 0 radical (unpaired) electrons. The molecule has 1 atom stereocenters. The number of hydrogen-bond donors (Lipinski definition) is 2. The Kier molecular flexibility index (Phi) is 6.06. The first-order chi connectivity index (χ1) is 16.2. The lowest BCUT2D eigenvalue weighted by atomic mass is 10.1. The van der Waals surface area contributed by atoms with E-state index in [1.807, 2.05) is 32.9 Å². The maximum absolute atomic E-state index is 13.2. The number of hydrogen-bond acceptors (Lipinski definition) is 5. The average molecular weight is 463 g/mol. The van der Waals surface area contributed by atoms with Gasteiger partial charge in [0.05, 0.1) is 10.9 Å². The first-order valence-corrected chi connectivity index (χ1v) is 11.0. The molecule has 2 aromatic carbocycles. The number of aromatic nitrogens is 4. The second kappa shape index (κ2) is 8.97. The predicted octanol–water partition coefficient (Wildman–Crippen LogP) is 1.82. The van der Waals surface area contributed by atoms with Gasteiger partial charge in [-0.3, -0.25) is 19.0 Å². The molecule has 176 valence electrons. The SMILES string of the molecule is CCC(C)NC(=O)c1ccc2c(=O)n(C)c3nn(CC(=O)Nc4ccccc4C)c(=O)n3c2c1. The highest BCUT2D eigenvalue weighted by molar-refractivity contribution is 5.98. The molecular formula is C24H26N6O4. The summed E-state index contributed by atoms with van der Waals surface area (Å²) in [6.45, 7) is 5.38. The summed E-state index contributed by atoms with van der Waals surface area (Å²) in [7, 11) is 1.50. The quantitative estimate of drug-likeness (QED) is 0.453. The molecule has 0 fully saturated rings. The summed E-state index contributed by atoms with van der Waals surface area (Å²) in [4.78, 5) is 51.4. The lowest BCUT2D eigenvalue weighted by molar-refractivity contribution is -0.117. The van der Waals surface area contributed by atoms with Crippen LogP contribution in [-0.2, 0) is 18.4 Å². The van der Waals surface area contributed by atoms with Crippen LogP contribution in [0.15, 0.2) is 52.1 Å². The number of nitrogens with zero attached hydrogens (tertiary/aromatic N) is 4. The van der Waals surface area contributed by atoms with Crippen LogP contribution in [0.2, 0.25) is 0 Å². The zero-order chi connectivity index (χ0) is 24.6. The van der Waals surface area contributed by atoms with Crippen LogP contribution < -0.4 is 21.9 Å². The molecule has 0 spiro atoms. The van der Waals surface area contributed by atoms with Gasteiger partial charge >= 0.3 is 5.69 Å². The van der Waals surface area contributed by atoms with E-state index < -0.39 is 11.6 Å². The number of carbonyl (C=O) groups is 2. The van der Waals surface area contributed by atoms with Crippen LogP contribution in [-0.4, -0.2) is 36.6 Å². The second-order valence-electron chi connectivity index (χ2n) is 8.32. The van der Waals surface area contributed by atoms with Crippen LogP contribution in [0.4, 0.5) is 5.69 Å². The Hall–Kier alpha value is -4.21. The van der Waals surface area contributed by atoms with Gasteiger partial charge in [0.15, 0.2) is 0 Å². The number of amides is 2. The predicted molar refractivity (Wildman–Crippen MR) is 129 cm³/mol. The number of benzene rings is 2. The van der Waals surface area contributed by atoms with E-state index in [4.69, 9.17) is 0 Å². The van der Waals surface area contributed by atoms with Gasteiger partial charge in [-0.2, -0.15) is 0 Å². The van der Waals surface area contributed by atoms with Crippen molar-refractivity contribution in [1.82, 2.24) is 24.1 Å². The fourth-order valence-corrected chi connectivity index (χ4v) is 3.69. The van der Waals surface area contributed by atoms with Gasteiger partial charge in [0.1, 0.15) is 6.54 Å². The van der Waals surface area contributed by atoms with Crippen LogP contribution in [0.5, 0.6) is 0 Å². The molecule has 2 N–H and O–H groups in total. The van der Waals surface area contributed by atoms with Gasteiger partial charge in [-0.05, 0) is 50.1 Å². The minimum Gasteiger partial charge on any atom is -0.350 e. The van der Waals surface area contributed by atoms with Gasteiger partial charge in [-0.1, -0.05) is 25.1 Å². The number of rotatable bonds is 6. The van der Waals surface area contributed by atoms with Crippen LogP contribution in [0, 0.1) is 6.92 Å². The Bertz CT molecular complexity index is 1550. The average Bonchev–Trinajstić information content (AvgIpc) is 3.14. The van der Waals surface area contributed by atoms with E-state index in [9.17, 15) is 19.2 Å². The van der Waals surface area contributed by atoms with Gasteiger partial charge in [-0.25, -0.2) is 13.9 Å². The summed E-state index contributed by atoms with van der Waals surface area (Å²) < 4.78 is 3.50. The largest absolute Gasteiger partial charge is 0.352 e. The minimum atomic E-state index is -0.588. The Morgan fingerprint density at radius 3 is 2.56 bits per heavy atom.